The lowest BCUT2D eigenvalue weighted by Crippen LogP contribution is -1.81. The Morgan fingerprint density at radius 1 is 1.45 bits per heavy atom. The van der Waals surface area contributed by atoms with E-state index in [1.807, 2.05) is 12.1 Å². The van der Waals surface area contributed by atoms with Crippen molar-refractivity contribution >= 4 is 21.6 Å². The number of nitrogens with zero attached hydrogens (tertiary/aromatic N) is 2. The molecule has 0 spiro atoms. The molecule has 2 rings (SSSR count). The zero-order chi connectivity index (χ0) is 7.84. The minimum atomic E-state index is 0.720. The molecule has 1 aliphatic rings. The molecule has 0 atom stereocenters. The highest BCUT2D eigenvalue weighted by atomic mass is 79.9. The van der Waals surface area contributed by atoms with Crippen LogP contribution in [0.2, 0.25) is 0 Å². The number of hydrogen-bond donors (Lipinski definition) is 0. The lowest BCUT2D eigenvalue weighted by atomic mass is 10.1. The molecule has 1 aromatic carbocycles. The Labute approximate surface area is 73.5 Å². The summed E-state index contributed by atoms with van der Waals surface area (Å²) in [7, 11) is 0. The predicted molar refractivity (Wildman–Crippen MR) is 47.1 cm³/mol. The number of hydrogen-bond acceptors (Lipinski definition) is 2. The van der Waals surface area contributed by atoms with Crippen molar-refractivity contribution in [3.63, 3.8) is 0 Å². The quantitative estimate of drug-likeness (QED) is 0.628. The van der Waals surface area contributed by atoms with Crippen molar-refractivity contribution in [1.29, 1.82) is 0 Å². The molecule has 0 unspecified atom stereocenters. The van der Waals surface area contributed by atoms with Crippen molar-refractivity contribution in [3.8, 4) is 0 Å². The van der Waals surface area contributed by atoms with E-state index in [-0.39, 0.29) is 0 Å². The minimum Gasteiger partial charge on any atom is -0.184 e. The Balaban J connectivity index is 2.71. The van der Waals surface area contributed by atoms with Gasteiger partial charge in [-0.3, -0.25) is 0 Å². The van der Waals surface area contributed by atoms with Crippen LogP contribution in [0, 0.1) is 6.92 Å². The fourth-order valence-electron chi connectivity index (χ4n) is 1.20. The summed E-state index contributed by atoms with van der Waals surface area (Å²) in [6, 6.07) is 4.10. The summed E-state index contributed by atoms with van der Waals surface area (Å²) in [5.41, 5.74) is 3.45. The SMILES string of the molecule is Cc1ccc(Br)c2c1N=NC2. The van der Waals surface area contributed by atoms with E-state index in [9.17, 15) is 0 Å². The molecule has 0 radical (unpaired) electrons. The molecule has 3 heteroatoms. The lowest BCUT2D eigenvalue weighted by molar-refractivity contribution is 1.04. The summed E-state index contributed by atoms with van der Waals surface area (Å²) in [5.74, 6) is 0. The van der Waals surface area contributed by atoms with Gasteiger partial charge in [0.15, 0.2) is 0 Å². The topological polar surface area (TPSA) is 24.7 Å². The van der Waals surface area contributed by atoms with Gasteiger partial charge in [0.1, 0.15) is 0 Å². The van der Waals surface area contributed by atoms with Gasteiger partial charge in [0.2, 0.25) is 0 Å². The minimum absolute atomic E-state index is 0.720. The molecular weight excluding hydrogens is 204 g/mol. The van der Waals surface area contributed by atoms with Crippen LogP contribution in [0.1, 0.15) is 11.1 Å². The van der Waals surface area contributed by atoms with Crippen molar-refractivity contribution in [2.75, 3.05) is 0 Å². The number of azo groups is 1. The largest absolute Gasteiger partial charge is 0.184 e. The average Bonchev–Trinajstić information content (AvgIpc) is 2.45. The fraction of sp³-hybridized carbons (Fsp3) is 0.250. The third-order valence-corrected chi connectivity index (χ3v) is 2.57. The van der Waals surface area contributed by atoms with Gasteiger partial charge in [-0.25, -0.2) is 0 Å². The highest BCUT2D eigenvalue weighted by Gasteiger charge is 2.12. The van der Waals surface area contributed by atoms with Gasteiger partial charge in [-0.15, -0.1) is 0 Å². The molecule has 0 amide bonds. The average molecular weight is 211 g/mol. The molecule has 2 nitrogen and oxygen atoms in total. The van der Waals surface area contributed by atoms with Gasteiger partial charge in [0.05, 0.1) is 12.2 Å². The van der Waals surface area contributed by atoms with E-state index in [0.29, 0.717) is 0 Å². The monoisotopic (exact) mass is 210 g/mol. The molecule has 0 bridgehead atoms. The second kappa shape index (κ2) is 2.41. The maximum absolute atomic E-state index is 4.05. The summed E-state index contributed by atoms with van der Waals surface area (Å²) >= 11 is 3.46. The first-order valence-corrected chi connectivity index (χ1v) is 4.24. The van der Waals surface area contributed by atoms with Crippen LogP contribution in [0.5, 0.6) is 0 Å². The third-order valence-electron chi connectivity index (χ3n) is 1.83. The summed E-state index contributed by atoms with van der Waals surface area (Å²) in [4.78, 5) is 0. The maximum Gasteiger partial charge on any atom is 0.0944 e. The Bertz CT molecular complexity index is 331. The molecule has 1 heterocycles. The van der Waals surface area contributed by atoms with Crippen LogP contribution < -0.4 is 0 Å². The molecule has 0 N–H and O–H groups in total. The summed E-state index contributed by atoms with van der Waals surface area (Å²) < 4.78 is 1.11. The third kappa shape index (κ3) is 0.997. The lowest BCUT2D eigenvalue weighted by Gasteiger charge is -2.00. The van der Waals surface area contributed by atoms with E-state index in [0.717, 1.165) is 16.7 Å². The Hall–Kier alpha value is -0.700. The van der Waals surface area contributed by atoms with Gasteiger partial charge < -0.3 is 0 Å². The first-order chi connectivity index (χ1) is 5.29. The van der Waals surface area contributed by atoms with Gasteiger partial charge in [-0.1, -0.05) is 22.0 Å². The Morgan fingerprint density at radius 2 is 2.27 bits per heavy atom. The van der Waals surface area contributed by atoms with Crippen LogP contribution in [-0.4, -0.2) is 0 Å². The molecular formula is C8H7BrN2. The van der Waals surface area contributed by atoms with Crippen LogP contribution in [0.3, 0.4) is 0 Å². The van der Waals surface area contributed by atoms with Crippen LogP contribution in [0.15, 0.2) is 26.8 Å². The fourth-order valence-corrected chi connectivity index (χ4v) is 1.64. The van der Waals surface area contributed by atoms with Crippen molar-refractivity contribution in [2.24, 2.45) is 10.2 Å². The molecule has 0 fully saturated rings. The zero-order valence-corrected chi connectivity index (χ0v) is 7.72. The van der Waals surface area contributed by atoms with Gasteiger partial charge in [0, 0.05) is 10.0 Å². The number of halogens is 1. The summed E-state index contributed by atoms with van der Waals surface area (Å²) in [6.45, 7) is 2.77. The summed E-state index contributed by atoms with van der Waals surface area (Å²) in [5, 5.41) is 8.02. The molecule has 56 valence electrons. The van der Waals surface area contributed by atoms with E-state index < -0.39 is 0 Å². The van der Waals surface area contributed by atoms with Crippen molar-refractivity contribution in [1.82, 2.24) is 0 Å². The van der Waals surface area contributed by atoms with E-state index in [4.69, 9.17) is 0 Å². The predicted octanol–water partition coefficient (Wildman–Crippen LogP) is 3.35. The molecule has 1 aliphatic heterocycles. The number of aryl methyl sites for hydroxylation is 1. The van der Waals surface area contributed by atoms with E-state index in [1.54, 1.807) is 0 Å². The van der Waals surface area contributed by atoms with Crippen LogP contribution in [-0.2, 0) is 6.54 Å². The molecule has 11 heavy (non-hydrogen) atoms. The van der Waals surface area contributed by atoms with Crippen LogP contribution >= 0.6 is 15.9 Å². The molecule has 0 saturated carbocycles. The highest BCUT2D eigenvalue weighted by Crippen LogP contribution is 2.35. The number of fused-ring (bicyclic) bond motifs is 1. The second-order valence-corrected chi connectivity index (χ2v) is 3.45. The van der Waals surface area contributed by atoms with Crippen molar-refractivity contribution in [3.05, 3.63) is 27.7 Å². The molecule has 1 aromatic rings. The van der Waals surface area contributed by atoms with Gasteiger partial charge >= 0.3 is 0 Å². The van der Waals surface area contributed by atoms with E-state index >= 15 is 0 Å². The maximum atomic E-state index is 4.05. The van der Waals surface area contributed by atoms with E-state index in [1.165, 1.54) is 11.1 Å². The first kappa shape index (κ1) is 6.98. The second-order valence-electron chi connectivity index (χ2n) is 2.59. The van der Waals surface area contributed by atoms with Crippen LogP contribution in [0.25, 0.3) is 0 Å². The molecule has 0 aromatic heterocycles. The van der Waals surface area contributed by atoms with Gasteiger partial charge in [-0.05, 0) is 18.6 Å². The van der Waals surface area contributed by atoms with E-state index in [2.05, 4.69) is 33.1 Å². The van der Waals surface area contributed by atoms with Gasteiger partial charge in [-0.2, -0.15) is 10.2 Å². The normalized spacial score (nSPS) is 13.6. The first-order valence-electron chi connectivity index (χ1n) is 3.44. The zero-order valence-electron chi connectivity index (χ0n) is 6.13. The smallest absolute Gasteiger partial charge is 0.0944 e. The van der Waals surface area contributed by atoms with Crippen LogP contribution in [0.4, 0.5) is 5.69 Å². The summed E-state index contributed by atoms with van der Waals surface area (Å²) in [6.07, 6.45) is 0. The van der Waals surface area contributed by atoms with Crippen molar-refractivity contribution in [2.45, 2.75) is 13.5 Å². The Morgan fingerprint density at radius 3 is 3.00 bits per heavy atom. The highest BCUT2D eigenvalue weighted by molar-refractivity contribution is 9.10. The molecule has 0 saturated heterocycles. The standard InChI is InChI=1S/C8H7BrN2/c1-5-2-3-7(9)6-4-10-11-8(5)6/h2-3H,4H2,1H3. The number of rotatable bonds is 0. The van der Waals surface area contributed by atoms with Crippen molar-refractivity contribution < 1.29 is 0 Å². The molecule has 0 aliphatic carbocycles. The van der Waals surface area contributed by atoms with Gasteiger partial charge in [0.25, 0.3) is 0 Å². The number of benzene rings is 1. The Kier molecular flexibility index (Phi) is 1.53.